The number of carbonyl (C=O) groups excluding carboxylic acids is 1. The van der Waals surface area contributed by atoms with Crippen LogP contribution in [0.5, 0.6) is 5.75 Å². The van der Waals surface area contributed by atoms with Crippen molar-refractivity contribution in [3.63, 3.8) is 0 Å². The second kappa shape index (κ2) is 9.42. The van der Waals surface area contributed by atoms with Gasteiger partial charge in [0.2, 0.25) is 5.91 Å². The summed E-state index contributed by atoms with van der Waals surface area (Å²) in [6.07, 6.45) is 1.45. The van der Waals surface area contributed by atoms with E-state index in [1.165, 1.54) is 18.2 Å². The van der Waals surface area contributed by atoms with Crippen LogP contribution in [0, 0.1) is 5.82 Å². The molecule has 2 N–H and O–H groups in total. The Kier molecular flexibility index (Phi) is 6.95. The van der Waals surface area contributed by atoms with Crippen LogP contribution in [0.2, 0.25) is 0 Å². The van der Waals surface area contributed by atoms with Crippen molar-refractivity contribution in [1.29, 1.82) is 0 Å². The van der Waals surface area contributed by atoms with Crippen molar-refractivity contribution in [2.75, 3.05) is 13.2 Å². The minimum absolute atomic E-state index is 0.0860. The van der Waals surface area contributed by atoms with Crippen LogP contribution in [0.1, 0.15) is 28.8 Å². The number of carboxylic acid groups (broad SMARTS) is 1. The predicted octanol–water partition coefficient (Wildman–Crippen LogP) is 3.04. The Balaban J connectivity index is 1.61. The van der Waals surface area contributed by atoms with Gasteiger partial charge in [0.05, 0.1) is 12.2 Å². The van der Waals surface area contributed by atoms with Crippen LogP contribution in [-0.2, 0) is 11.2 Å². The Bertz CT molecular complexity index is 716. The van der Waals surface area contributed by atoms with Crippen LogP contribution in [0.15, 0.2) is 48.5 Å². The molecule has 2 aromatic carbocycles. The second-order valence-electron chi connectivity index (χ2n) is 5.51. The third-order valence-corrected chi connectivity index (χ3v) is 3.54. The molecular weight excluding hydrogens is 325 g/mol. The van der Waals surface area contributed by atoms with Crippen molar-refractivity contribution in [2.24, 2.45) is 0 Å². The van der Waals surface area contributed by atoms with Gasteiger partial charge in [-0.3, -0.25) is 4.79 Å². The normalized spacial score (nSPS) is 10.3. The molecule has 0 spiro atoms. The summed E-state index contributed by atoms with van der Waals surface area (Å²) in [6.45, 7) is 0.820. The van der Waals surface area contributed by atoms with Gasteiger partial charge < -0.3 is 15.2 Å². The molecule has 0 fully saturated rings. The maximum atomic E-state index is 12.7. The quantitative estimate of drug-likeness (QED) is 0.685. The van der Waals surface area contributed by atoms with E-state index in [4.69, 9.17) is 9.84 Å². The van der Waals surface area contributed by atoms with Crippen molar-refractivity contribution in [3.8, 4) is 5.75 Å². The average Bonchev–Trinajstić information content (AvgIpc) is 2.60. The molecule has 0 aliphatic carbocycles. The molecule has 2 aromatic rings. The lowest BCUT2D eigenvalue weighted by Gasteiger charge is -2.07. The molecule has 0 unspecified atom stereocenters. The van der Waals surface area contributed by atoms with Crippen molar-refractivity contribution >= 4 is 11.9 Å². The summed E-state index contributed by atoms with van der Waals surface area (Å²) in [5.74, 6) is -0.801. The van der Waals surface area contributed by atoms with Crippen molar-refractivity contribution in [1.82, 2.24) is 5.32 Å². The van der Waals surface area contributed by atoms with Gasteiger partial charge in [0.1, 0.15) is 11.6 Å². The van der Waals surface area contributed by atoms with Gasteiger partial charge in [-0.25, -0.2) is 9.18 Å². The van der Waals surface area contributed by atoms with Crippen LogP contribution in [-0.4, -0.2) is 30.1 Å². The lowest BCUT2D eigenvalue weighted by Crippen LogP contribution is -2.25. The van der Waals surface area contributed by atoms with Gasteiger partial charge in [-0.15, -0.1) is 0 Å². The van der Waals surface area contributed by atoms with Gasteiger partial charge >= 0.3 is 5.97 Å². The predicted molar refractivity (Wildman–Crippen MR) is 91.2 cm³/mol. The highest BCUT2D eigenvalue weighted by Crippen LogP contribution is 2.11. The highest BCUT2D eigenvalue weighted by atomic mass is 19.1. The fourth-order valence-electron chi connectivity index (χ4n) is 2.25. The maximum Gasteiger partial charge on any atom is 0.335 e. The molecule has 0 aliphatic rings. The molecule has 0 bridgehead atoms. The van der Waals surface area contributed by atoms with Gasteiger partial charge in [-0.05, 0) is 54.8 Å². The van der Waals surface area contributed by atoms with E-state index in [0.29, 0.717) is 38.2 Å². The molecule has 132 valence electrons. The fraction of sp³-hybridized carbons (Fsp3) is 0.263. The third kappa shape index (κ3) is 6.63. The first-order valence-corrected chi connectivity index (χ1v) is 8.02. The van der Waals surface area contributed by atoms with Crippen LogP contribution >= 0.6 is 0 Å². The zero-order chi connectivity index (χ0) is 18.1. The molecule has 0 radical (unpaired) electrons. The molecular formula is C19H20FNO4. The van der Waals surface area contributed by atoms with E-state index in [-0.39, 0.29) is 17.3 Å². The van der Waals surface area contributed by atoms with E-state index in [1.54, 1.807) is 24.3 Å². The summed E-state index contributed by atoms with van der Waals surface area (Å²) in [4.78, 5) is 22.7. The van der Waals surface area contributed by atoms with Crippen molar-refractivity contribution in [3.05, 3.63) is 65.5 Å². The Morgan fingerprint density at radius 1 is 1.12 bits per heavy atom. The highest BCUT2D eigenvalue weighted by Gasteiger charge is 2.05. The van der Waals surface area contributed by atoms with Crippen LogP contribution in [0.25, 0.3) is 0 Å². The average molecular weight is 345 g/mol. The summed E-state index contributed by atoms with van der Waals surface area (Å²) < 4.78 is 18.2. The number of aromatic carboxylic acids is 1. The standard InChI is InChI=1S/C19H20FNO4/c20-16-6-8-17(9-7-16)25-12-2-5-18(22)21-11-10-14-3-1-4-15(13-14)19(23)24/h1,3-4,6-9,13H,2,5,10-12H2,(H,21,22)(H,23,24). The van der Waals surface area contributed by atoms with E-state index in [0.717, 1.165) is 5.56 Å². The molecule has 0 atom stereocenters. The second-order valence-corrected chi connectivity index (χ2v) is 5.51. The number of ether oxygens (including phenoxy) is 1. The SMILES string of the molecule is O=C(CCCOc1ccc(F)cc1)NCCc1cccc(C(=O)O)c1. The first-order chi connectivity index (χ1) is 12.0. The minimum atomic E-state index is -0.966. The Labute approximate surface area is 145 Å². The Morgan fingerprint density at radius 3 is 2.60 bits per heavy atom. The molecule has 1 amide bonds. The van der Waals surface area contributed by atoms with Crippen LogP contribution in [0.3, 0.4) is 0 Å². The zero-order valence-corrected chi connectivity index (χ0v) is 13.7. The molecule has 0 saturated heterocycles. The lowest BCUT2D eigenvalue weighted by atomic mass is 10.1. The smallest absolute Gasteiger partial charge is 0.335 e. The molecule has 0 saturated carbocycles. The van der Waals surface area contributed by atoms with Gasteiger partial charge in [0, 0.05) is 13.0 Å². The summed E-state index contributed by atoms with van der Waals surface area (Å²) in [5, 5.41) is 11.7. The largest absolute Gasteiger partial charge is 0.494 e. The summed E-state index contributed by atoms with van der Waals surface area (Å²) in [7, 11) is 0. The number of carbonyl (C=O) groups is 2. The van der Waals surface area contributed by atoms with E-state index in [9.17, 15) is 14.0 Å². The number of rotatable bonds is 9. The Hall–Kier alpha value is -2.89. The zero-order valence-electron chi connectivity index (χ0n) is 13.7. The number of nitrogens with one attached hydrogen (secondary N) is 1. The summed E-state index contributed by atoms with van der Waals surface area (Å²) in [6, 6.07) is 12.4. The van der Waals surface area contributed by atoms with Gasteiger partial charge in [-0.1, -0.05) is 12.1 Å². The first-order valence-electron chi connectivity index (χ1n) is 8.02. The van der Waals surface area contributed by atoms with Crippen molar-refractivity contribution in [2.45, 2.75) is 19.3 Å². The minimum Gasteiger partial charge on any atom is -0.494 e. The van der Waals surface area contributed by atoms with E-state index < -0.39 is 5.97 Å². The summed E-state index contributed by atoms with van der Waals surface area (Å²) >= 11 is 0. The number of hydrogen-bond donors (Lipinski definition) is 2. The molecule has 0 aromatic heterocycles. The molecule has 5 nitrogen and oxygen atoms in total. The van der Waals surface area contributed by atoms with Crippen molar-refractivity contribution < 1.29 is 23.8 Å². The van der Waals surface area contributed by atoms with Crippen LogP contribution < -0.4 is 10.1 Å². The number of hydrogen-bond acceptors (Lipinski definition) is 3. The number of carboxylic acids is 1. The van der Waals surface area contributed by atoms with Crippen LogP contribution in [0.4, 0.5) is 4.39 Å². The highest BCUT2D eigenvalue weighted by molar-refractivity contribution is 5.87. The van der Waals surface area contributed by atoms with E-state index in [1.807, 2.05) is 6.07 Å². The number of benzene rings is 2. The lowest BCUT2D eigenvalue weighted by molar-refractivity contribution is -0.121. The topological polar surface area (TPSA) is 75.6 Å². The summed E-state index contributed by atoms with van der Waals surface area (Å²) in [5.41, 5.74) is 1.10. The third-order valence-electron chi connectivity index (χ3n) is 3.54. The molecule has 6 heteroatoms. The molecule has 2 rings (SSSR count). The van der Waals surface area contributed by atoms with E-state index in [2.05, 4.69) is 5.32 Å². The Morgan fingerprint density at radius 2 is 1.88 bits per heavy atom. The van der Waals surface area contributed by atoms with Gasteiger partial charge in [0.15, 0.2) is 0 Å². The molecule has 25 heavy (non-hydrogen) atoms. The molecule has 0 heterocycles. The fourth-order valence-corrected chi connectivity index (χ4v) is 2.25. The monoisotopic (exact) mass is 345 g/mol. The number of halogens is 1. The van der Waals surface area contributed by atoms with Gasteiger partial charge in [0.25, 0.3) is 0 Å². The first kappa shape index (κ1) is 18.4. The number of amides is 1. The van der Waals surface area contributed by atoms with Gasteiger partial charge in [-0.2, -0.15) is 0 Å². The molecule has 0 aliphatic heterocycles. The maximum absolute atomic E-state index is 12.7. The van der Waals surface area contributed by atoms with E-state index >= 15 is 0 Å².